The van der Waals surface area contributed by atoms with Crippen LogP contribution in [0, 0.1) is 5.82 Å². The number of benzene rings is 2. The number of nitrogens with zero attached hydrogens (tertiary/aromatic N) is 5. The van der Waals surface area contributed by atoms with Gasteiger partial charge in [-0.25, -0.2) is 12.8 Å². The molecular formula is C25H26ClFN6O3S. The normalized spacial score (nSPS) is 18.3. The Hall–Kier alpha value is -3.15. The summed E-state index contributed by atoms with van der Waals surface area (Å²) in [4.78, 5) is 15.4. The van der Waals surface area contributed by atoms with Gasteiger partial charge in [0.15, 0.2) is 15.7 Å². The molecule has 1 aliphatic carbocycles. The van der Waals surface area contributed by atoms with Crippen molar-refractivity contribution in [2.24, 2.45) is 0 Å². The Balaban J connectivity index is 1.45. The van der Waals surface area contributed by atoms with E-state index >= 15 is 0 Å². The van der Waals surface area contributed by atoms with E-state index in [1.807, 2.05) is 11.0 Å². The van der Waals surface area contributed by atoms with Crippen molar-refractivity contribution >= 4 is 27.3 Å². The van der Waals surface area contributed by atoms with Crippen molar-refractivity contribution in [3.8, 4) is 16.8 Å². The molecule has 3 aromatic rings. The lowest BCUT2D eigenvalue weighted by Crippen LogP contribution is -2.48. The van der Waals surface area contributed by atoms with Crippen molar-refractivity contribution in [1.82, 2.24) is 30.4 Å². The summed E-state index contributed by atoms with van der Waals surface area (Å²) >= 11 is 6.35. The maximum Gasteiger partial charge on any atom is 0.251 e. The highest BCUT2D eigenvalue weighted by Crippen LogP contribution is 2.39. The smallest absolute Gasteiger partial charge is 0.251 e. The van der Waals surface area contributed by atoms with E-state index in [9.17, 15) is 17.6 Å². The van der Waals surface area contributed by atoms with E-state index in [0.717, 1.165) is 18.7 Å². The van der Waals surface area contributed by atoms with E-state index in [1.165, 1.54) is 12.1 Å². The maximum atomic E-state index is 13.7. The number of rotatable bonds is 8. The molecule has 1 aromatic heterocycles. The van der Waals surface area contributed by atoms with E-state index in [2.05, 4.69) is 27.4 Å². The van der Waals surface area contributed by atoms with Crippen LogP contribution in [0.5, 0.6) is 0 Å². The number of amides is 1. The zero-order valence-electron chi connectivity index (χ0n) is 20.0. The van der Waals surface area contributed by atoms with E-state index in [1.54, 1.807) is 29.0 Å². The highest BCUT2D eigenvalue weighted by Gasteiger charge is 2.30. The SMILES string of the molecule is C=C[C@H](CN1CCS(=O)(=O)CC1)NC(=O)c1cc(-c2ccc(F)cc2Cl)cc(-n2nnnc2C2CC2)c1. The number of carbonyl (C=O) groups is 1. The summed E-state index contributed by atoms with van der Waals surface area (Å²) in [6.07, 6.45) is 3.63. The van der Waals surface area contributed by atoms with Gasteiger partial charge in [0.1, 0.15) is 5.82 Å². The number of tetrazole rings is 1. The van der Waals surface area contributed by atoms with Crippen LogP contribution in [0.25, 0.3) is 16.8 Å². The monoisotopic (exact) mass is 544 g/mol. The molecular weight excluding hydrogens is 519 g/mol. The van der Waals surface area contributed by atoms with Gasteiger partial charge < -0.3 is 5.32 Å². The van der Waals surface area contributed by atoms with Crippen LogP contribution in [0.3, 0.4) is 0 Å². The number of sulfone groups is 1. The Labute approximate surface area is 219 Å². The molecule has 0 spiro atoms. The Morgan fingerprint density at radius 2 is 1.97 bits per heavy atom. The summed E-state index contributed by atoms with van der Waals surface area (Å²) in [7, 11) is -3.00. The lowest BCUT2D eigenvalue weighted by atomic mass is 10.0. The standard InChI is InChI=1S/C25H26ClFN6O3S/c1-2-20(15-32-7-9-37(35,36)10-8-32)28-25(34)18-11-17(22-6-5-19(27)14-23(22)26)12-21(13-18)33-24(16-3-4-16)29-30-31-33/h2,5-6,11-14,16,20H,1,3-4,7-10,15H2,(H,28,34)/t20-/m1/s1. The Bertz CT molecular complexity index is 1440. The van der Waals surface area contributed by atoms with E-state index in [4.69, 9.17) is 11.6 Å². The lowest BCUT2D eigenvalue weighted by molar-refractivity contribution is 0.0936. The molecule has 5 rings (SSSR count). The number of carbonyl (C=O) groups excluding carboxylic acids is 1. The van der Waals surface area contributed by atoms with Crippen LogP contribution in [0.1, 0.15) is 34.9 Å². The first-order valence-electron chi connectivity index (χ1n) is 12.0. The summed E-state index contributed by atoms with van der Waals surface area (Å²) < 4.78 is 38.8. The molecule has 1 saturated heterocycles. The molecule has 0 radical (unpaired) electrons. The van der Waals surface area contributed by atoms with Gasteiger partial charge in [-0.3, -0.25) is 9.69 Å². The molecule has 2 fully saturated rings. The number of nitrogens with one attached hydrogen (secondary N) is 1. The highest BCUT2D eigenvalue weighted by molar-refractivity contribution is 7.91. The number of aromatic nitrogens is 4. The Morgan fingerprint density at radius 1 is 1.22 bits per heavy atom. The molecule has 2 aromatic carbocycles. The van der Waals surface area contributed by atoms with E-state index < -0.39 is 21.7 Å². The molecule has 1 amide bonds. The quantitative estimate of drug-likeness (QED) is 0.434. The van der Waals surface area contributed by atoms with Crippen LogP contribution < -0.4 is 5.32 Å². The van der Waals surface area contributed by atoms with Gasteiger partial charge in [0.05, 0.1) is 28.3 Å². The summed E-state index contributed by atoms with van der Waals surface area (Å²) in [5.74, 6) is 0.380. The van der Waals surface area contributed by atoms with Gasteiger partial charge in [0, 0.05) is 36.7 Å². The second kappa shape index (κ2) is 10.3. The predicted octanol–water partition coefficient (Wildman–Crippen LogP) is 3.01. The van der Waals surface area contributed by atoms with Gasteiger partial charge in [-0.15, -0.1) is 11.7 Å². The summed E-state index contributed by atoms with van der Waals surface area (Å²) in [6, 6.07) is 8.91. The molecule has 1 atom stereocenters. The minimum Gasteiger partial charge on any atom is -0.345 e. The molecule has 9 nitrogen and oxygen atoms in total. The van der Waals surface area contributed by atoms with Gasteiger partial charge in [0.2, 0.25) is 0 Å². The molecule has 1 aliphatic heterocycles. The largest absolute Gasteiger partial charge is 0.345 e. The van der Waals surface area contributed by atoms with Crippen molar-refractivity contribution in [3.05, 3.63) is 71.3 Å². The topological polar surface area (TPSA) is 110 Å². The number of hydrogen-bond donors (Lipinski definition) is 1. The van der Waals surface area contributed by atoms with Gasteiger partial charge >= 0.3 is 0 Å². The van der Waals surface area contributed by atoms with E-state index in [-0.39, 0.29) is 28.4 Å². The van der Waals surface area contributed by atoms with Crippen LogP contribution >= 0.6 is 11.6 Å². The Kier molecular flexibility index (Phi) is 7.11. The third-order valence-corrected chi connectivity index (χ3v) is 8.52. The van der Waals surface area contributed by atoms with Crippen LogP contribution in [0.4, 0.5) is 4.39 Å². The molecule has 194 valence electrons. The molecule has 1 saturated carbocycles. The summed E-state index contributed by atoms with van der Waals surface area (Å²) in [5, 5.41) is 15.3. The van der Waals surface area contributed by atoms with Gasteiger partial charge in [-0.05, 0) is 65.2 Å². The molecule has 0 unspecified atom stereocenters. The van der Waals surface area contributed by atoms with Crippen molar-refractivity contribution in [3.63, 3.8) is 0 Å². The third-order valence-electron chi connectivity index (χ3n) is 6.60. The number of hydrogen-bond acceptors (Lipinski definition) is 7. The molecule has 1 N–H and O–H groups in total. The zero-order chi connectivity index (χ0) is 26.2. The first-order valence-corrected chi connectivity index (χ1v) is 14.2. The fraction of sp³-hybridized carbons (Fsp3) is 0.360. The second-order valence-corrected chi connectivity index (χ2v) is 12.1. The predicted molar refractivity (Wildman–Crippen MR) is 138 cm³/mol. The minimum atomic E-state index is -3.00. The van der Waals surface area contributed by atoms with Crippen LogP contribution in [-0.4, -0.2) is 76.6 Å². The van der Waals surface area contributed by atoms with Gasteiger partial charge in [-0.2, -0.15) is 4.68 Å². The maximum absolute atomic E-state index is 13.7. The van der Waals surface area contributed by atoms with Crippen LogP contribution in [0.2, 0.25) is 5.02 Å². The molecule has 2 aliphatic rings. The zero-order valence-corrected chi connectivity index (χ0v) is 21.6. The van der Waals surface area contributed by atoms with Gasteiger partial charge in [-0.1, -0.05) is 17.7 Å². The fourth-order valence-electron chi connectivity index (χ4n) is 4.36. The fourth-order valence-corrected chi connectivity index (χ4v) is 5.91. The van der Waals surface area contributed by atoms with Crippen molar-refractivity contribution in [2.75, 3.05) is 31.1 Å². The summed E-state index contributed by atoms with van der Waals surface area (Å²) in [5.41, 5.74) is 2.11. The third kappa shape index (κ3) is 5.89. The van der Waals surface area contributed by atoms with Gasteiger partial charge in [0.25, 0.3) is 5.91 Å². The second-order valence-electron chi connectivity index (χ2n) is 9.38. The first kappa shape index (κ1) is 25.5. The van der Waals surface area contributed by atoms with Crippen molar-refractivity contribution < 1.29 is 17.6 Å². The molecule has 37 heavy (non-hydrogen) atoms. The average Bonchev–Trinajstić information content (AvgIpc) is 3.60. The Morgan fingerprint density at radius 3 is 2.65 bits per heavy atom. The first-order chi connectivity index (χ1) is 17.7. The molecule has 0 bridgehead atoms. The van der Waals surface area contributed by atoms with Crippen LogP contribution in [-0.2, 0) is 9.84 Å². The minimum absolute atomic E-state index is 0.101. The van der Waals surface area contributed by atoms with Crippen molar-refractivity contribution in [1.29, 1.82) is 0 Å². The highest BCUT2D eigenvalue weighted by atomic mass is 35.5. The molecule has 12 heteroatoms. The lowest BCUT2D eigenvalue weighted by Gasteiger charge is -2.29. The number of halogens is 2. The van der Waals surface area contributed by atoms with Crippen LogP contribution in [0.15, 0.2) is 49.1 Å². The summed E-state index contributed by atoms with van der Waals surface area (Å²) in [6.45, 7) is 5.11. The van der Waals surface area contributed by atoms with E-state index in [0.29, 0.717) is 42.0 Å². The van der Waals surface area contributed by atoms with Crippen molar-refractivity contribution in [2.45, 2.75) is 24.8 Å². The average molecular weight is 545 g/mol. The molecule has 2 heterocycles.